The quantitative estimate of drug-likeness (QED) is 0.942. The first-order valence-electron chi connectivity index (χ1n) is 5.27. The van der Waals surface area contributed by atoms with E-state index in [1.807, 2.05) is 0 Å². The van der Waals surface area contributed by atoms with Gasteiger partial charge in [-0.05, 0) is 25.1 Å². The van der Waals surface area contributed by atoms with Crippen LogP contribution >= 0.6 is 23.2 Å². The van der Waals surface area contributed by atoms with Gasteiger partial charge >= 0.3 is 0 Å². The molecule has 1 heterocycles. The molecule has 6 heteroatoms. The SMILES string of the molecule is CC(C(N)=O)n1ccnc1-c1cc(Cl)cc(Cl)c1. The lowest BCUT2D eigenvalue weighted by molar-refractivity contribution is -0.120. The molecule has 0 saturated carbocycles. The van der Waals surface area contributed by atoms with Gasteiger partial charge in [0.25, 0.3) is 0 Å². The number of carbonyl (C=O) groups excluding carboxylic acids is 1. The molecule has 1 unspecified atom stereocenters. The summed E-state index contributed by atoms with van der Waals surface area (Å²) in [6.45, 7) is 1.71. The zero-order valence-corrected chi connectivity index (χ0v) is 11.1. The van der Waals surface area contributed by atoms with Crippen LogP contribution in [0.2, 0.25) is 10.0 Å². The van der Waals surface area contributed by atoms with E-state index in [1.54, 1.807) is 42.1 Å². The van der Waals surface area contributed by atoms with Gasteiger partial charge in [0.05, 0.1) is 0 Å². The van der Waals surface area contributed by atoms with Crippen molar-refractivity contribution in [2.24, 2.45) is 5.73 Å². The Bertz CT molecular complexity index is 575. The number of halogens is 2. The molecule has 0 fully saturated rings. The zero-order chi connectivity index (χ0) is 13.3. The third-order valence-electron chi connectivity index (χ3n) is 2.62. The van der Waals surface area contributed by atoms with Gasteiger partial charge in [-0.1, -0.05) is 23.2 Å². The number of aromatic nitrogens is 2. The summed E-state index contributed by atoms with van der Waals surface area (Å²) in [6, 6.07) is 4.62. The molecule has 94 valence electrons. The van der Waals surface area contributed by atoms with E-state index < -0.39 is 11.9 Å². The summed E-state index contributed by atoms with van der Waals surface area (Å²) in [5, 5.41) is 1.03. The summed E-state index contributed by atoms with van der Waals surface area (Å²) < 4.78 is 1.68. The Hall–Kier alpha value is -1.52. The van der Waals surface area contributed by atoms with Crippen molar-refractivity contribution in [3.05, 3.63) is 40.6 Å². The number of hydrogen-bond donors (Lipinski definition) is 1. The van der Waals surface area contributed by atoms with Crippen LogP contribution in [0.15, 0.2) is 30.6 Å². The van der Waals surface area contributed by atoms with E-state index in [4.69, 9.17) is 28.9 Å². The number of primary amides is 1. The first-order valence-corrected chi connectivity index (χ1v) is 6.03. The van der Waals surface area contributed by atoms with Crippen LogP contribution in [0.3, 0.4) is 0 Å². The second kappa shape index (κ2) is 5.00. The van der Waals surface area contributed by atoms with Gasteiger partial charge in [-0.2, -0.15) is 0 Å². The number of hydrogen-bond acceptors (Lipinski definition) is 2. The molecule has 1 amide bonds. The second-order valence-electron chi connectivity index (χ2n) is 3.89. The van der Waals surface area contributed by atoms with Gasteiger partial charge in [0.15, 0.2) is 0 Å². The number of carbonyl (C=O) groups is 1. The van der Waals surface area contributed by atoms with Crippen LogP contribution in [0.5, 0.6) is 0 Å². The molecule has 0 spiro atoms. The molecule has 0 bridgehead atoms. The van der Waals surface area contributed by atoms with Crippen molar-refractivity contribution in [3.8, 4) is 11.4 Å². The van der Waals surface area contributed by atoms with Gasteiger partial charge < -0.3 is 10.3 Å². The minimum Gasteiger partial charge on any atom is -0.368 e. The lowest BCUT2D eigenvalue weighted by atomic mass is 10.2. The molecule has 0 radical (unpaired) electrons. The highest BCUT2D eigenvalue weighted by atomic mass is 35.5. The van der Waals surface area contributed by atoms with Gasteiger partial charge in [-0.15, -0.1) is 0 Å². The van der Waals surface area contributed by atoms with Crippen molar-refractivity contribution >= 4 is 29.1 Å². The van der Waals surface area contributed by atoms with E-state index in [1.165, 1.54) is 0 Å². The fourth-order valence-electron chi connectivity index (χ4n) is 1.67. The number of benzene rings is 1. The highest BCUT2D eigenvalue weighted by molar-refractivity contribution is 6.35. The Kier molecular flexibility index (Phi) is 3.59. The Labute approximate surface area is 114 Å². The number of nitrogens with zero attached hydrogens (tertiary/aromatic N) is 2. The predicted octanol–water partition coefficient (Wildman–Crippen LogP) is 2.90. The maximum atomic E-state index is 11.2. The average molecular weight is 284 g/mol. The van der Waals surface area contributed by atoms with Crippen LogP contribution in [-0.4, -0.2) is 15.5 Å². The largest absolute Gasteiger partial charge is 0.368 e. The summed E-state index contributed by atoms with van der Waals surface area (Å²) in [5.74, 6) is 0.174. The summed E-state index contributed by atoms with van der Waals surface area (Å²) in [5.41, 5.74) is 6.04. The smallest absolute Gasteiger partial charge is 0.240 e. The third kappa shape index (κ3) is 2.49. The minimum absolute atomic E-state index is 0.428. The Balaban J connectivity index is 2.51. The summed E-state index contributed by atoms with van der Waals surface area (Å²) >= 11 is 11.9. The van der Waals surface area contributed by atoms with Crippen molar-refractivity contribution < 1.29 is 4.79 Å². The van der Waals surface area contributed by atoms with Gasteiger partial charge in [0.2, 0.25) is 5.91 Å². The Morgan fingerprint density at radius 3 is 2.50 bits per heavy atom. The van der Waals surface area contributed by atoms with Gasteiger partial charge in [0, 0.05) is 28.0 Å². The lowest BCUT2D eigenvalue weighted by Gasteiger charge is -2.13. The highest BCUT2D eigenvalue weighted by Crippen LogP contribution is 2.27. The molecule has 2 rings (SSSR count). The number of amides is 1. The minimum atomic E-state index is -0.486. The van der Waals surface area contributed by atoms with Crippen LogP contribution in [0.25, 0.3) is 11.4 Å². The van der Waals surface area contributed by atoms with E-state index in [0.29, 0.717) is 15.9 Å². The molecule has 1 aromatic heterocycles. The number of imidazole rings is 1. The molecular weight excluding hydrogens is 273 g/mol. The van der Waals surface area contributed by atoms with Crippen LogP contribution in [0, 0.1) is 0 Å². The standard InChI is InChI=1S/C12H11Cl2N3O/c1-7(11(15)18)17-3-2-16-12(17)8-4-9(13)6-10(14)5-8/h2-7H,1H3,(H2,15,18). The monoisotopic (exact) mass is 283 g/mol. The number of nitrogens with two attached hydrogens (primary N) is 1. The second-order valence-corrected chi connectivity index (χ2v) is 4.77. The molecule has 0 aliphatic rings. The highest BCUT2D eigenvalue weighted by Gasteiger charge is 2.16. The Morgan fingerprint density at radius 2 is 1.94 bits per heavy atom. The van der Waals surface area contributed by atoms with E-state index in [9.17, 15) is 4.79 Å². The predicted molar refractivity (Wildman–Crippen MR) is 71.6 cm³/mol. The molecule has 0 aliphatic heterocycles. The van der Waals surface area contributed by atoms with E-state index in [-0.39, 0.29) is 0 Å². The Morgan fingerprint density at radius 1 is 1.33 bits per heavy atom. The topological polar surface area (TPSA) is 60.9 Å². The third-order valence-corrected chi connectivity index (χ3v) is 3.05. The van der Waals surface area contributed by atoms with Gasteiger partial charge in [-0.3, -0.25) is 4.79 Å². The first-order chi connectivity index (χ1) is 8.49. The van der Waals surface area contributed by atoms with E-state index in [2.05, 4.69) is 4.98 Å². The van der Waals surface area contributed by atoms with E-state index in [0.717, 1.165) is 5.56 Å². The molecule has 0 saturated heterocycles. The molecule has 1 aromatic carbocycles. The van der Waals surface area contributed by atoms with Crippen LogP contribution < -0.4 is 5.73 Å². The molecule has 18 heavy (non-hydrogen) atoms. The first kappa shape index (κ1) is 12.9. The summed E-state index contributed by atoms with van der Waals surface area (Å²) in [6.07, 6.45) is 3.29. The number of rotatable bonds is 3. The molecule has 2 aromatic rings. The van der Waals surface area contributed by atoms with Crippen molar-refractivity contribution in [1.29, 1.82) is 0 Å². The maximum absolute atomic E-state index is 11.2. The van der Waals surface area contributed by atoms with Gasteiger partial charge in [0.1, 0.15) is 11.9 Å². The zero-order valence-electron chi connectivity index (χ0n) is 9.60. The van der Waals surface area contributed by atoms with Crippen molar-refractivity contribution in [1.82, 2.24) is 9.55 Å². The van der Waals surface area contributed by atoms with Gasteiger partial charge in [-0.25, -0.2) is 4.98 Å². The normalized spacial score (nSPS) is 12.4. The summed E-state index contributed by atoms with van der Waals surface area (Å²) in [7, 11) is 0. The van der Waals surface area contributed by atoms with Crippen LogP contribution in [0.1, 0.15) is 13.0 Å². The molecular formula is C12H11Cl2N3O. The van der Waals surface area contributed by atoms with Crippen molar-refractivity contribution in [2.75, 3.05) is 0 Å². The molecule has 0 aliphatic carbocycles. The fraction of sp³-hybridized carbons (Fsp3) is 0.167. The molecule has 2 N–H and O–H groups in total. The molecule has 4 nitrogen and oxygen atoms in total. The van der Waals surface area contributed by atoms with Crippen LogP contribution in [0.4, 0.5) is 0 Å². The lowest BCUT2D eigenvalue weighted by Crippen LogP contribution is -2.24. The average Bonchev–Trinajstić information content (AvgIpc) is 2.75. The van der Waals surface area contributed by atoms with E-state index >= 15 is 0 Å². The summed E-state index contributed by atoms with van der Waals surface area (Å²) in [4.78, 5) is 15.4. The van der Waals surface area contributed by atoms with Crippen LogP contribution in [-0.2, 0) is 4.79 Å². The fourth-order valence-corrected chi connectivity index (χ4v) is 2.20. The van der Waals surface area contributed by atoms with Crippen molar-refractivity contribution in [2.45, 2.75) is 13.0 Å². The van der Waals surface area contributed by atoms with Crippen molar-refractivity contribution in [3.63, 3.8) is 0 Å². The molecule has 1 atom stereocenters. The maximum Gasteiger partial charge on any atom is 0.240 e.